The van der Waals surface area contributed by atoms with Gasteiger partial charge in [-0.25, -0.2) is 9.36 Å². The third-order valence-corrected chi connectivity index (χ3v) is 7.16. The molecule has 0 radical (unpaired) electrons. The minimum Gasteiger partial charge on any atom is -0.480 e. The van der Waals surface area contributed by atoms with E-state index in [-0.39, 0.29) is 12.8 Å². The maximum absolute atomic E-state index is 12.2. The summed E-state index contributed by atoms with van der Waals surface area (Å²) in [6, 6.07) is -1.54. The molecular weight excluding hydrogens is 565 g/mol. The Morgan fingerprint density at radius 3 is 1.93 bits per heavy atom. The fraction of sp³-hybridized carbons (Fsp3) is 0.767. The highest BCUT2D eigenvalue weighted by atomic mass is 31.2. The number of phosphoric ester groups is 1. The standard InChI is InChI=1S/C30H54NO10P/c1-3-5-6-7-8-9-10-11-12-13-14-15-16-17-18-19-20-22-28(33)31-27(30(35)36)25-41-42(37,38)40-24-26(32)23-39-29(34)21-4-2/h8-9,11-12,26-27,32H,3-7,10,13-25H2,1-2H3,(H,31,33)(H,35,36)(H,37,38)/b9-8-,12-11-. The molecule has 0 aromatic rings. The van der Waals surface area contributed by atoms with Crippen LogP contribution in [0, 0.1) is 0 Å². The van der Waals surface area contributed by atoms with Gasteiger partial charge in [0.1, 0.15) is 12.7 Å². The van der Waals surface area contributed by atoms with Gasteiger partial charge in [-0.15, -0.1) is 0 Å². The first-order valence-corrected chi connectivity index (χ1v) is 16.9. The van der Waals surface area contributed by atoms with Crippen LogP contribution >= 0.6 is 7.82 Å². The molecule has 0 aliphatic rings. The zero-order valence-corrected chi connectivity index (χ0v) is 26.4. The maximum atomic E-state index is 12.2. The minimum atomic E-state index is -4.72. The van der Waals surface area contributed by atoms with E-state index < -0.39 is 57.6 Å². The highest BCUT2D eigenvalue weighted by Crippen LogP contribution is 2.43. The Morgan fingerprint density at radius 2 is 1.33 bits per heavy atom. The number of rotatable bonds is 28. The monoisotopic (exact) mass is 619 g/mol. The average Bonchev–Trinajstić information content (AvgIpc) is 2.94. The van der Waals surface area contributed by atoms with E-state index in [1.54, 1.807) is 6.92 Å². The molecule has 4 N–H and O–H groups in total. The van der Waals surface area contributed by atoms with E-state index in [1.165, 1.54) is 38.5 Å². The minimum absolute atomic E-state index is 0.137. The second-order valence-electron chi connectivity index (χ2n) is 10.3. The number of allylic oxidation sites excluding steroid dienone is 4. The topological polar surface area (TPSA) is 169 Å². The molecule has 0 aliphatic carbocycles. The number of phosphoric acid groups is 1. The molecule has 3 unspecified atom stereocenters. The number of aliphatic hydroxyl groups is 1. The van der Waals surface area contributed by atoms with Crippen molar-refractivity contribution in [3.63, 3.8) is 0 Å². The van der Waals surface area contributed by atoms with E-state index in [4.69, 9.17) is 4.74 Å². The quantitative estimate of drug-likeness (QED) is 0.0353. The lowest BCUT2D eigenvalue weighted by atomic mass is 10.1. The SMILES string of the molecule is CCCCC/C=C\C/C=C\CCCCCCCCCC(=O)NC(COP(=O)(O)OCC(O)COC(=O)CCC)C(=O)O. The Kier molecular flexibility index (Phi) is 25.3. The van der Waals surface area contributed by atoms with Crippen LogP contribution in [0.2, 0.25) is 0 Å². The predicted molar refractivity (Wildman–Crippen MR) is 162 cm³/mol. The van der Waals surface area contributed by atoms with E-state index in [0.29, 0.717) is 12.8 Å². The molecule has 0 saturated heterocycles. The molecule has 1 amide bonds. The van der Waals surface area contributed by atoms with Crippen LogP contribution in [-0.4, -0.2) is 64.9 Å². The van der Waals surface area contributed by atoms with Crippen molar-refractivity contribution in [2.24, 2.45) is 0 Å². The number of hydrogen-bond donors (Lipinski definition) is 4. The lowest BCUT2D eigenvalue weighted by Crippen LogP contribution is -2.43. The smallest absolute Gasteiger partial charge is 0.472 e. The summed E-state index contributed by atoms with van der Waals surface area (Å²) >= 11 is 0. The predicted octanol–water partition coefficient (Wildman–Crippen LogP) is 5.99. The second-order valence-corrected chi connectivity index (χ2v) is 11.7. The van der Waals surface area contributed by atoms with Crippen LogP contribution < -0.4 is 5.32 Å². The van der Waals surface area contributed by atoms with Crippen LogP contribution in [0.25, 0.3) is 0 Å². The number of aliphatic carboxylic acids is 1. The van der Waals surface area contributed by atoms with E-state index in [2.05, 4.69) is 45.6 Å². The largest absolute Gasteiger partial charge is 0.480 e. The summed E-state index contributed by atoms with van der Waals surface area (Å²) in [7, 11) is -4.72. The molecule has 12 heteroatoms. The molecule has 0 fully saturated rings. The third kappa shape index (κ3) is 25.7. The molecule has 0 spiro atoms. The summed E-state index contributed by atoms with van der Waals surface area (Å²) in [5.74, 6) is -2.45. The number of carbonyl (C=O) groups excluding carboxylic acids is 2. The van der Waals surface area contributed by atoms with Crippen LogP contribution in [0.5, 0.6) is 0 Å². The van der Waals surface area contributed by atoms with Gasteiger partial charge in [0.15, 0.2) is 6.04 Å². The molecule has 0 aromatic heterocycles. The van der Waals surface area contributed by atoms with Crippen LogP contribution in [0.4, 0.5) is 0 Å². The van der Waals surface area contributed by atoms with Crippen LogP contribution in [0.15, 0.2) is 24.3 Å². The summed E-state index contributed by atoms with van der Waals surface area (Å²) in [5.41, 5.74) is 0. The van der Waals surface area contributed by atoms with Gasteiger partial charge in [0, 0.05) is 12.8 Å². The molecule has 0 heterocycles. The van der Waals surface area contributed by atoms with Gasteiger partial charge in [-0.3, -0.25) is 18.6 Å². The number of amides is 1. The first-order chi connectivity index (χ1) is 20.1. The molecule has 244 valence electrons. The van der Waals surface area contributed by atoms with Crippen molar-refractivity contribution >= 4 is 25.7 Å². The molecule has 3 atom stereocenters. The second kappa shape index (κ2) is 26.6. The van der Waals surface area contributed by atoms with E-state index in [1.807, 2.05) is 0 Å². The highest BCUT2D eigenvalue weighted by Gasteiger charge is 2.28. The van der Waals surface area contributed by atoms with Crippen LogP contribution in [0.1, 0.15) is 117 Å². The van der Waals surface area contributed by atoms with Gasteiger partial charge in [0.05, 0.1) is 13.2 Å². The molecule has 0 bridgehead atoms. The van der Waals surface area contributed by atoms with Crippen molar-refractivity contribution in [1.29, 1.82) is 0 Å². The molecule has 0 aromatic carbocycles. The van der Waals surface area contributed by atoms with E-state index >= 15 is 0 Å². The first-order valence-electron chi connectivity index (χ1n) is 15.4. The van der Waals surface area contributed by atoms with Gasteiger partial charge in [-0.2, -0.15) is 0 Å². The number of carboxylic acid groups (broad SMARTS) is 1. The molecule has 0 aliphatic heterocycles. The number of esters is 1. The molecule has 0 saturated carbocycles. The number of carboxylic acids is 1. The van der Waals surface area contributed by atoms with Crippen LogP contribution in [0.3, 0.4) is 0 Å². The number of ether oxygens (including phenoxy) is 1. The Bertz CT molecular complexity index is 833. The summed E-state index contributed by atoms with van der Waals surface area (Å²) < 4.78 is 26.1. The van der Waals surface area contributed by atoms with E-state index in [0.717, 1.165) is 38.5 Å². The van der Waals surface area contributed by atoms with E-state index in [9.17, 15) is 34.1 Å². The number of unbranched alkanes of at least 4 members (excludes halogenated alkanes) is 10. The lowest BCUT2D eigenvalue weighted by Gasteiger charge is -2.18. The zero-order valence-electron chi connectivity index (χ0n) is 25.5. The Hall–Kier alpha value is -2.04. The zero-order chi connectivity index (χ0) is 31.5. The third-order valence-electron chi connectivity index (χ3n) is 6.21. The summed E-state index contributed by atoms with van der Waals surface area (Å²) in [4.78, 5) is 44.6. The number of carbonyl (C=O) groups is 3. The average molecular weight is 620 g/mol. The first kappa shape index (κ1) is 40.0. The van der Waals surface area contributed by atoms with Crippen molar-refractivity contribution in [2.75, 3.05) is 19.8 Å². The van der Waals surface area contributed by atoms with Gasteiger partial charge in [0.25, 0.3) is 0 Å². The van der Waals surface area contributed by atoms with Crippen molar-refractivity contribution in [2.45, 2.75) is 129 Å². The van der Waals surface area contributed by atoms with Gasteiger partial charge >= 0.3 is 19.8 Å². The van der Waals surface area contributed by atoms with Gasteiger partial charge in [0.2, 0.25) is 5.91 Å². The fourth-order valence-corrected chi connectivity index (χ4v) is 4.56. The fourth-order valence-electron chi connectivity index (χ4n) is 3.79. The number of nitrogens with one attached hydrogen (secondary N) is 1. The lowest BCUT2D eigenvalue weighted by molar-refractivity contribution is -0.147. The Balaban J connectivity index is 3.96. The molecule has 42 heavy (non-hydrogen) atoms. The molecular formula is C30H54NO10P. The number of hydrogen-bond acceptors (Lipinski definition) is 8. The molecule has 11 nitrogen and oxygen atoms in total. The van der Waals surface area contributed by atoms with Crippen molar-refractivity contribution in [3.8, 4) is 0 Å². The normalized spacial score (nSPS) is 14.6. The maximum Gasteiger partial charge on any atom is 0.472 e. The Labute approximate surface area is 251 Å². The molecule has 0 rings (SSSR count). The van der Waals surface area contributed by atoms with Crippen molar-refractivity contribution in [1.82, 2.24) is 5.32 Å². The van der Waals surface area contributed by atoms with Crippen LogP contribution in [-0.2, 0) is 32.7 Å². The van der Waals surface area contributed by atoms with Crippen molar-refractivity contribution in [3.05, 3.63) is 24.3 Å². The van der Waals surface area contributed by atoms with Gasteiger partial charge in [-0.05, 0) is 44.9 Å². The summed E-state index contributed by atoms with van der Waals surface area (Å²) in [6.07, 6.45) is 22.6. The summed E-state index contributed by atoms with van der Waals surface area (Å²) in [6.45, 7) is 2.09. The van der Waals surface area contributed by atoms with Crippen molar-refractivity contribution < 1.29 is 47.8 Å². The highest BCUT2D eigenvalue weighted by molar-refractivity contribution is 7.47. The Morgan fingerprint density at radius 1 is 0.762 bits per heavy atom. The number of aliphatic hydroxyl groups excluding tert-OH is 1. The van der Waals surface area contributed by atoms with Gasteiger partial charge in [-0.1, -0.05) is 83.1 Å². The van der Waals surface area contributed by atoms with Gasteiger partial charge < -0.3 is 25.2 Å². The summed E-state index contributed by atoms with van der Waals surface area (Å²) in [5, 5.41) is 21.3.